The molecule has 3 aromatic heterocycles. The second-order valence-corrected chi connectivity index (χ2v) is 7.89. The van der Waals surface area contributed by atoms with Crippen molar-refractivity contribution in [3.63, 3.8) is 0 Å². The quantitative estimate of drug-likeness (QED) is 0.777. The van der Waals surface area contributed by atoms with Gasteiger partial charge in [-0.2, -0.15) is 0 Å². The molecule has 1 aliphatic carbocycles. The second-order valence-electron chi connectivity index (χ2n) is 7.89. The Morgan fingerprint density at radius 2 is 1.85 bits per heavy atom. The number of aromatic nitrogens is 3. The summed E-state index contributed by atoms with van der Waals surface area (Å²) in [6.45, 7) is 3.96. The largest absolute Gasteiger partial charge is 0.367 e. The molecule has 27 heavy (non-hydrogen) atoms. The number of hydrogen-bond donors (Lipinski definition) is 1. The number of pyridine rings is 3. The molecule has 5 rings (SSSR count). The lowest BCUT2D eigenvalue weighted by Gasteiger charge is -2.41. The fraction of sp³-hybridized carbons (Fsp3) is 0.333. The van der Waals surface area contributed by atoms with Gasteiger partial charge in [0.1, 0.15) is 11.6 Å². The summed E-state index contributed by atoms with van der Waals surface area (Å²) in [5, 5.41) is 4.50. The summed E-state index contributed by atoms with van der Waals surface area (Å²) in [7, 11) is 0. The van der Waals surface area contributed by atoms with E-state index >= 15 is 0 Å². The van der Waals surface area contributed by atoms with E-state index in [1.54, 1.807) is 12.4 Å². The van der Waals surface area contributed by atoms with Gasteiger partial charge >= 0.3 is 0 Å². The van der Waals surface area contributed by atoms with E-state index in [-0.39, 0.29) is 11.9 Å². The maximum atomic E-state index is 13.0. The summed E-state index contributed by atoms with van der Waals surface area (Å²) in [6, 6.07) is 12.3. The van der Waals surface area contributed by atoms with Crippen molar-refractivity contribution >= 4 is 28.6 Å². The molecule has 0 aromatic carbocycles. The minimum atomic E-state index is -0.506. The van der Waals surface area contributed by atoms with Gasteiger partial charge in [-0.25, -0.2) is 15.0 Å². The van der Waals surface area contributed by atoms with Crippen molar-refractivity contribution in [2.75, 3.05) is 10.2 Å². The topological polar surface area (TPSA) is 71.0 Å². The predicted molar refractivity (Wildman–Crippen MR) is 105 cm³/mol. The zero-order chi connectivity index (χ0) is 18.6. The summed E-state index contributed by atoms with van der Waals surface area (Å²) in [6.07, 6.45) is 5.30. The van der Waals surface area contributed by atoms with E-state index < -0.39 is 5.41 Å². The molecule has 1 saturated carbocycles. The van der Waals surface area contributed by atoms with Crippen molar-refractivity contribution in [2.45, 2.75) is 44.2 Å². The molecule has 1 fully saturated rings. The fourth-order valence-corrected chi connectivity index (χ4v) is 4.09. The smallest absolute Gasteiger partial charge is 0.238 e. The molecule has 0 bridgehead atoms. The molecule has 3 aromatic rings. The number of hydrogen-bond acceptors (Lipinski definition) is 5. The van der Waals surface area contributed by atoms with Crippen molar-refractivity contribution in [1.29, 1.82) is 0 Å². The number of fused-ring (bicyclic) bond motifs is 2. The molecule has 0 atom stereocenters. The van der Waals surface area contributed by atoms with Crippen molar-refractivity contribution in [1.82, 2.24) is 15.0 Å². The number of nitrogens with zero attached hydrogens (tertiary/aromatic N) is 4. The minimum Gasteiger partial charge on any atom is -0.367 e. The van der Waals surface area contributed by atoms with Crippen LogP contribution in [0.2, 0.25) is 0 Å². The average molecular weight is 359 g/mol. The van der Waals surface area contributed by atoms with Crippen LogP contribution in [0.4, 0.5) is 11.6 Å². The minimum absolute atomic E-state index is 0.146. The van der Waals surface area contributed by atoms with Gasteiger partial charge in [-0.1, -0.05) is 6.07 Å². The Balaban J connectivity index is 1.31. The number of carbonyl (C=O) groups excluding carboxylic acids is 1. The van der Waals surface area contributed by atoms with Crippen LogP contribution in [0.25, 0.3) is 11.0 Å². The molecule has 1 amide bonds. The van der Waals surface area contributed by atoms with Gasteiger partial charge in [0.15, 0.2) is 5.65 Å². The fourth-order valence-electron chi connectivity index (χ4n) is 4.09. The Morgan fingerprint density at radius 1 is 1.07 bits per heavy atom. The van der Waals surface area contributed by atoms with Gasteiger partial charge in [0.2, 0.25) is 5.91 Å². The Morgan fingerprint density at radius 3 is 2.70 bits per heavy atom. The predicted octanol–water partition coefficient (Wildman–Crippen LogP) is 3.29. The molecule has 0 saturated heterocycles. The maximum Gasteiger partial charge on any atom is 0.238 e. The molecular formula is C21H21N5O. The first-order chi connectivity index (χ1) is 13.0. The summed E-state index contributed by atoms with van der Waals surface area (Å²) in [5.74, 6) is 1.80. The third-order valence-electron chi connectivity index (χ3n) is 5.74. The SMILES string of the molecule is CC1(C)C(=O)N(C2CC(Nc3ccc4cccnc4n3)C2)c2ncccc21. The Bertz CT molecular complexity index is 1040. The van der Waals surface area contributed by atoms with Gasteiger partial charge in [-0.05, 0) is 57.0 Å². The molecule has 0 unspecified atom stereocenters. The normalized spacial score (nSPS) is 23.2. The highest BCUT2D eigenvalue weighted by molar-refractivity contribution is 6.07. The number of rotatable bonds is 3. The summed E-state index contributed by atoms with van der Waals surface area (Å²) in [5.41, 5.74) is 1.26. The summed E-state index contributed by atoms with van der Waals surface area (Å²) >= 11 is 0. The van der Waals surface area contributed by atoms with E-state index in [1.807, 2.05) is 55.1 Å². The van der Waals surface area contributed by atoms with Crippen LogP contribution in [0.1, 0.15) is 32.3 Å². The van der Waals surface area contributed by atoms with Gasteiger partial charge in [-0.3, -0.25) is 9.69 Å². The molecule has 136 valence electrons. The lowest BCUT2D eigenvalue weighted by molar-refractivity contribution is -0.122. The maximum absolute atomic E-state index is 13.0. The Hall–Kier alpha value is -3.02. The average Bonchev–Trinajstić information content (AvgIpc) is 2.85. The third kappa shape index (κ3) is 2.47. The van der Waals surface area contributed by atoms with Gasteiger partial charge in [-0.15, -0.1) is 0 Å². The van der Waals surface area contributed by atoms with Gasteiger partial charge in [0.05, 0.1) is 5.41 Å². The number of nitrogens with one attached hydrogen (secondary N) is 1. The summed E-state index contributed by atoms with van der Waals surface area (Å²) in [4.78, 5) is 28.3. The van der Waals surface area contributed by atoms with Crippen LogP contribution in [0.15, 0.2) is 48.8 Å². The van der Waals surface area contributed by atoms with Crippen LogP contribution < -0.4 is 10.2 Å². The van der Waals surface area contributed by atoms with Gasteiger partial charge in [0.25, 0.3) is 0 Å². The monoisotopic (exact) mass is 359 g/mol. The van der Waals surface area contributed by atoms with Gasteiger partial charge < -0.3 is 5.32 Å². The van der Waals surface area contributed by atoms with Crippen molar-refractivity contribution in [3.8, 4) is 0 Å². The molecule has 4 heterocycles. The van der Waals surface area contributed by atoms with Crippen LogP contribution in [-0.4, -0.2) is 32.9 Å². The Kier molecular flexibility index (Phi) is 3.44. The molecular weight excluding hydrogens is 338 g/mol. The lowest BCUT2D eigenvalue weighted by atomic mass is 9.84. The van der Waals surface area contributed by atoms with Crippen LogP contribution in [0, 0.1) is 0 Å². The van der Waals surface area contributed by atoms with Crippen LogP contribution in [0.3, 0.4) is 0 Å². The van der Waals surface area contributed by atoms with Crippen molar-refractivity contribution < 1.29 is 4.79 Å². The van der Waals surface area contributed by atoms with E-state index in [4.69, 9.17) is 0 Å². The van der Waals surface area contributed by atoms with Crippen LogP contribution in [0.5, 0.6) is 0 Å². The van der Waals surface area contributed by atoms with Crippen molar-refractivity contribution in [2.24, 2.45) is 0 Å². The number of carbonyl (C=O) groups is 1. The molecule has 1 aliphatic heterocycles. The Labute approximate surface area is 157 Å². The van der Waals surface area contributed by atoms with E-state index in [1.165, 1.54) is 0 Å². The molecule has 6 nitrogen and oxygen atoms in total. The van der Waals surface area contributed by atoms with E-state index in [0.29, 0.717) is 6.04 Å². The molecule has 2 aliphatic rings. The molecule has 1 N–H and O–H groups in total. The third-order valence-corrected chi connectivity index (χ3v) is 5.74. The summed E-state index contributed by atoms with van der Waals surface area (Å²) < 4.78 is 0. The highest BCUT2D eigenvalue weighted by Gasteiger charge is 2.50. The zero-order valence-corrected chi connectivity index (χ0v) is 15.4. The zero-order valence-electron chi connectivity index (χ0n) is 15.4. The standard InChI is InChI=1S/C21H21N5O/c1-21(2)16-6-4-10-23-19(16)26(20(21)27)15-11-14(12-15)24-17-8-7-13-5-3-9-22-18(13)25-17/h3-10,14-15H,11-12H2,1-2H3,(H,22,24,25). The van der Waals surface area contributed by atoms with E-state index in [2.05, 4.69) is 20.3 Å². The van der Waals surface area contributed by atoms with E-state index in [9.17, 15) is 4.79 Å². The van der Waals surface area contributed by atoms with E-state index in [0.717, 1.165) is 41.1 Å². The molecule has 6 heteroatoms. The highest BCUT2D eigenvalue weighted by atomic mass is 16.2. The highest BCUT2D eigenvalue weighted by Crippen LogP contribution is 2.44. The number of amides is 1. The molecule has 0 spiro atoms. The van der Waals surface area contributed by atoms with Crippen LogP contribution in [-0.2, 0) is 10.2 Å². The first kappa shape index (κ1) is 16.2. The lowest BCUT2D eigenvalue weighted by Crippen LogP contribution is -2.53. The first-order valence-electron chi connectivity index (χ1n) is 9.31. The molecule has 0 radical (unpaired) electrons. The second kappa shape index (κ2) is 5.74. The van der Waals surface area contributed by atoms with Crippen LogP contribution >= 0.6 is 0 Å². The van der Waals surface area contributed by atoms with Crippen molar-refractivity contribution in [3.05, 3.63) is 54.4 Å². The number of anilines is 2. The first-order valence-corrected chi connectivity index (χ1v) is 9.31. The van der Waals surface area contributed by atoms with Gasteiger partial charge in [0, 0.05) is 35.4 Å².